The minimum Gasteiger partial charge on any atom is -0.444 e. The van der Waals surface area contributed by atoms with Crippen molar-refractivity contribution in [2.45, 2.75) is 64.1 Å². The third-order valence-electron chi connectivity index (χ3n) is 5.65. The molecule has 5 heteroatoms. The largest absolute Gasteiger partial charge is 0.444 e. The molecule has 1 amide bonds. The SMILES string of the molecule is CC(C)(C)OC(=O)N1C2CCC1CC(C(=O)c1cccc3cnccc13)C2. The van der Waals surface area contributed by atoms with E-state index in [9.17, 15) is 9.59 Å². The summed E-state index contributed by atoms with van der Waals surface area (Å²) in [5, 5.41) is 1.94. The van der Waals surface area contributed by atoms with E-state index in [-0.39, 0.29) is 29.9 Å². The van der Waals surface area contributed by atoms with E-state index < -0.39 is 5.60 Å². The standard InChI is InChI=1S/C22H26N2O3/c1-22(2,3)27-21(26)24-16-7-8-17(24)12-15(11-16)20(25)19-6-4-5-14-13-23-10-9-18(14)19/h4-6,9-10,13,15-17H,7-8,11-12H2,1-3H3. The molecule has 2 fully saturated rings. The van der Waals surface area contributed by atoms with E-state index in [1.165, 1.54) is 0 Å². The number of hydrogen-bond acceptors (Lipinski definition) is 4. The van der Waals surface area contributed by atoms with Crippen molar-refractivity contribution in [2.24, 2.45) is 5.92 Å². The number of ether oxygens (including phenoxy) is 1. The van der Waals surface area contributed by atoms with Crippen molar-refractivity contribution < 1.29 is 14.3 Å². The van der Waals surface area contributed by atoms with Crippen LogP contribution in [0, 0.1) is 5.92 Å². The molecular weight excluding hydrogens is 340 g/mol. The molecule has 2 aliphatic rings. The van der Waals surface area contributed by atoms with Crippen LogP contribution in [0.3, 0.4) is 0 Å². The molecule has 0 aliphatic carbocycles. The van der Waals surface area contributed by atoms with Crippen LogP contribution in [0.25, 0.3) is 10.8 Å². The lowest BCUT2D eigenvalue weighted by Crippen LogP contribution is -2.49. The second-order valence-electron chi connectivity index (χ2n) is 8.71. The first kappa shape index (κ1) is 18.0. The smallest absolute Gasteiger partial charge is 0.410 e. The average molecular weight is 366 g/mol. The van der Waals surface area contributed by atoms with E-state index in [1.54, 1.807) is 12.4 Å². The zero-order valence-electron chi connectivity index (χ0n) is 16.1. The summed E-state index contributed by atoms with van der Waals surface area (Å²) in [6, 6.07) is 7.92. The maximum absolute atomic E-state index is 13.3. The van der Waals surface area contributed by atoms with E-state index >= 15 is 0 Å². The summed E-state index contributed by atoms with van der Waals surface area (Å²) in [7, 11) is 0. The normalized spacial score (nSPS) is 24.9. The van der Waals surface area contributed by atoms with E-state index in [0.29, 0.717) is 0 Å². The van der Waals surface area contributed by atoms with Crippen LogP contribution in [0.2, 0.25) is 0 Å². The highest BCUT2D eigenvalue weighted by molar-refractivity contribution is 6.09. The fraction of sp³-hybridized carbons (Fsp3) is 0.500. The summed E-state index contributed by atoms with van der Waals surface area (Å²) < 4.78 is 5.59. The lowest BCUT2D eigenvalue weighted by molar-refractivity contribution is 0.00255. The second kappa shape index (κ2) is 6.63. The predicted molar refractivity (Wildman–Crippen MR) is 104 cm³/mol. The van der Waals surface area contributed by atoms with Gasteiger partial charge in [-0.15, -0.1) is 0 Å². The number of rotatable bonds is 2. The predicted octanol–water partition coefficient (Wildman–Crippen LogP) is 4.60. The molecule has 1 aromatic carbocycles. The maximum Gasteiger partial charge on any atom is 0.410 e. The molecule has 1 aromatic heterocycles. The van der Waals surface area contributed by atoms with Gasteiger partial charge in [0.05, 0.1) is 0 Å². The summed E-state index contributed by atoms with van der Waals surface area (Å²) >= 11 is 0. The Morgan fingerprint density at radius 1 is 1.11 bits per heavy atom. The van der Waals surface area contributed by atoms with Gasteiger partial charge < -0.3 is 9.64 Å². The number of carbonyl (C=O) groups excluding carboxylic acids is 2. The van der Waals surface area contributed by atoms with Crippen LogP contribution in [0.1, 0.15) is 56.8 Å². The average Bonchev–Trinajstić information content (AvgIpc) is 2.89. The molecule has 5 nitrogen and oxygen atoms in total. The van der Waals surface area contributed by atoms with Gasteiger partial charge in [-0.1, -0.05) is 18.2 Å². The van der Waals surface area contributed by atoms with Crippen LogP contribution < -0.4 is 0 Å². The summed E-state index contributed by atoms with van der Waals surface area (Å²) in [5.41, 5.74) is 0.269. The maximum atomic E-state index is 13.3. The topological polar surface area (TPSA) is 59.5 Å². The summed E-state index contributed by atoms with van der Waals surface area (Å²) in [5.74, 6) is 0.146. The number of Topliss-reactive ketones (excluding diaryl/α,β-unsaturated/α-hetero) is 1. The summed E-state index contributed by atoms with van der Waals surface area (Å²) in [4.78, 5) is 31.9. The van der Waals surface area contributed by atoms with Crippen molar-refractivity contribution in [2.75, 3.05) is 0 Å². The Hall–Kier alpha value is -2.43. The number of pyridine rings is 1. The fourth-order valence-electron chi connectivity index (χ4n) is 4.56. The number of aromatic nitrogens is 1. The van der Waals surface area contributed by atoms with Crippen LogP contribution in [-0.2, 0) is 4.74 Å². The van der Waals surface area contributed by atoms with Gasteiger partial charge in [-0.05, 0) is 57.9 Å². The van der Waals surface area contributed by atoms with E-state index in [4.69, 9.17) is 4.74 Å². The van der Waals surface area contributed by atoms with Gasteiger partial charge in [0.1, 0.15) is 5.60 Å². The molecule has 2 unspecified atom stereocenters. The van der Waals surface area contributed by atoms with Crippen molar-refractivity contribution in [1.29, 1.82) is 0 Å². The van der Waals surface area contributed by atoms with Gasteiger partial charge in [-0.2, -0.15) is 0 Å². The van der Waals surface area contributed by atoms with Gasteiger partial charge in [0.25, 0.3) is 0 Å². The quantitative estimate of drug-likeness (QED) is 0.729. The molecule has 4 rings (SSSR count). The number of piperidine rings is 1. The van der Waals surface area contributed by atoms with Crippen molar-refractivity contribution in [1.82, 2.24) is 9.88 Å². The summed E-state index contributed by atoms with van der Waals surface area (Å²) in [6.07, 6.45) is 6.62. The Balaban J connectivity index is 1.54. The van der Waals surface area contributed by atoms with Crippen molar-refractivity contribution in [3.05, 3.63) is 42.2 Å². The fourth-order valence-corrected chi connectivity index (χ4v) is 4.56. The van der Waals surface area contributed by atoms with Crippen molar-refractivity contribution in [3.63, 3.8) is 0 Å². The number of fused-ring (bicyclic) bond motifs is 3. The highest BCUT2D eigenvalue weighted by atomic mass is 16.6. The molecule has 0 saturated carbocycles. The first-order chi connectivity index (χ1) is 12.8. The van der Waals surface area contributed by atoms with E-state index in [0.717, 1.165) is 42.0 Å². The van der Waals surface area contributed by atoms with Gasteiger partial charge in [0.2, 0.25) is 0 Å². The van der Waals surface area contributed by atoms with Crippen LogP contribution in [0.15, 0.2) is 36.7 Å². The Morgan fingerprint density at radius 2 is 1.81 bits per heavy atom. The molecule has 27 heavy (non-hydrogen) atoms. The Bertz CT molecular complexity index is 867. The molecule has 142 valence electrons. The van der Waals surface area contributed by atoms with Crippen molar-refractivity contribution in [3.8, 4) is 0 Å². The van der Waals surface area contributed by atoms with Crippen molar-refractivity contribution >= 4 is 22.6 Å². The Morgan fingerprint density at radius 3 is 2.48 bits per heavy atom. The highest BCUT2D eigenvalue weighted by Gasteiger charge is 2.46. The van der Waals surface area contributed by atoms with Crippen LogP contribution in [0.5, 0.6) is 0 Å². The molecule has 0 radical (unpaired) electrons. The monoisotopic (exact) mass is 366 g/mol. The highest BCUT2D eigenvalue weighted by Crippen LogP contribution is 2.41. The summed E-state index contributed by atoms with van der Waals surface area (Å²) in [6.45, 7) is 5.66. The first-order valence-electron chi connectivity index (χ1n) is 9.72. The zero-order valence-corrected chi connectivity index (χ0v) is 16.1. The van der Waals surface area contributed by atoms with Crippen LogP contribution in [0.4, 0.5) is 4.79 Å². The number of benzene rings is 1. The van der Waals surface area contributed by atoms with Gasteiger partial charge >= 0.3 is 6.09 Å². The Labute approximate surface area is 159 Å². The second-order valence-corrected chi connectivity index (χ2v) is 8.71. The number of carbonyl (C=O) groups is 2. The van der Waals surface area contributed by atoms with Gasteiger partial charge in [-0.3, -0.25) is 9.78 Å². The third-order valence-corrected chi connectivity index (χ3v) is 5.65. The van der Waals surface area contributed by atoms with Gasteiger partial charge in [0, 0.05) is 41.3 Å². The molecule has 2 atom stereocenters. The van der Waals surface area contributed by atoms with Gasteiger partial charge in [0.15, 0.2) is 5.78 Å². The number of ketones is 1. The molecule has 2 aromatic rings. The molecule has 3 heterocycles. The first-order valence-corrected chi connectivity index (χ1v) is 9.72. The molecule has 0 N–H and O–H groups in total. The van der Waals surface area contributed by atoms with Crippen LogP contribution in [-0.4, -0.2) is 39.4 Å². The minimum atomic E-state index is -0.500. The lowest BCUT2D eigenvalue weighted by Gasteiger charge is -2.39. The van der Waals surface area contributed by atoms with E-state index in [2.05, 4.69) is 4.98 Å². The number of hydrogen-bond donors (Lipinski definition) is 0. The molecule has 0 spiro atoms. The molecule has 2 saturated heterocycles. The van der Waals surface area contributed by atoms with Crippen LogP contribution >= 0.6 is 0 Å². The van der Waals surface area contributed by atoms with E-state index in [1.807, 2.05) is 49.9 Å². The number of amides is 1. The number of nitrogens with zero attached hydrogens (tertiary/aromatic N) is 2. The molecule has 2 bridgehead atoms. The van der Waals surface area contributed by atoms with Gasteiger partial charge in [-0.25, -0.2) is 4.79 Å². The Kier molecular flexibility index (Phi) is 4.41. The minimum absolute atomic E-state index is 0.0417. The zero-order chi connectivity index (χ0) is 19.2. The lowest BCUT2D eigenvalue weighted by atomic mass is 9.84. The molecular formula is C22H26N2O3. The third kappa shape index (κ3) is 3.43. The molecule has 2 aliphatic heterocycles.